The fourth-order valence-electron chi connectivity index (χ4n) is 2.56. The number of benzene rings is 1. The zero-order valence-electron chi connectivity index (χ0n) is 16.0. The van der Waals surface area contributed by atoms with E-state index in [9.17, 15) is 0 Å². The van der Waals surface area contributed by atoms with Crippen molar-refractivity contribution in [1.29, 1.82) is 0 Å². The highest BCUT2D eigenvalue weighted by Crippen LogP contribution is 2.26. The Morgan fingerprint density at radius 2 is 1.38 bits per heavy atom. The summed E-state index contributed by atoms with van der Waals surface area (Å²) in [5.74, 6) is 1.24. The van der Waals surface area contributed by atoms with Crippen molar-refractivity contribution in [2.45, 2.75) is 11.9 Å². The van der Waals surface area contributed by atoms with E-state index in [1.807, 2.05) is 48.7 Å². The van der Waals surface area contributed by atoms with Gasteiger partial charge in [0, 0.05) is 17.7 Å². The summed E-state index contributed by atoms with van der Waals surface area (Å²) < 4.78 is 16.8. The SMILES string of the molecule is OCCOc1ccccc1OCCOCc1ccc(-c2ccc(CBr)cn2)nc1. The van der Waals surface area contributed by atoms with Crippen LogP contribution >= 0.6 is 15.9 Å². The third kappa shape index (κ3) is 6.52. The Morgan fingerprint density at radius 1 is 0.759 bits per heavy atom. The molecule has 0 bridgehead atoms. The molecule has 6 nitrogen and oxygen atoms in total. The minimum absolute atomic E-state index is 0.0392. The molecule has 0 saturated carbocycles. The van der Waals surface area contributed by atoms with Crippen molar-refractivity contribution in [3.8, 4) is 22.9 Å². The number of pyridine rings is 2. The summed E-state index contributed by atoms with van der Waals surface area (Å²) in [7, 11) is 0. The van der Waals surface area contributed by atoms with Crippen molar-refractivity contribution in [3.63, 3.8) is 0 Å². The smallest absolute Gasteiger partial charge is 0.161 e. The molecule has 0 aliphatic heterocycles. The summed E-state index contributed by atoms with van der Waals surface area (Å²) in [4.78, 5) is 8.89. The van der Waals surface area contributed by atoms with Gasteiger partial charge in [0.15, 0.2) is 11.5 Å². The molecule has 0 spiro atoms. The number of halogens is 1. The van der Waals surface area contributed by atoms with Crippen LogP contribution in [0.4, 0.5) is 0 Å². The van der Waals surface area contributed by atoms with Crippen molar-refractivity contribution in [2.24, 2.45) is 0 Å². The van der Waals surface area contributed by atoms with Crippen LogP contribution in [0.15, 0.2) is 60.9 Å². The normalized spacial score (nSPS) is 10.7. The van der Waals surface area contributed by atoms with E-state index in [1.165, 1.54) is 0 Å². The zero-order valence-corrected chi connectivity index (χ0v) is 17.5. The molecule has 0 unspecified atom stereocenters. The molecule has 0 saturated heterocycles. The lowest BCUT2D eigenvalue weighted by Crippen LogP contribution is -2.09. The molecule has 1 aromatic carbocycles. The van der Waals surface area contributed by atoms with E-state index < -0.39 is 0 Å². The van der Waals surface area contributed by atoms with Crippen LogP contribution in [0.25, 0.3) is 11.4 Å². The fourth-order valence-corrected chi connectivity index (χ4v) is 2.89. The first-order chi connectivity index (χ1) is 14.3. The Hall–Kier alpha value is -2.48. The molecule has 7 heteroatoms. The van der Waals surface area contributed by atoms with Crippen molar-refractivity contribution in [1.82, 2.24) is 9.97 Å². The van der Waals surface area contributed by atoms with Gasteiger partial charge in [0.25, 0.3) is 0 Å². The summed E-state index contributed by atoms with van der Waals surface area (Å²) in [6, 6.07) is 15.3. The number of rotatable bonds is 11. The van der Waals surface area contributed by atoms with Gasteiger partial charge >= 0.3 is 0 Å². The summed E-state index contributed by atoms with van der Waals surface area (Å²) in [6.07, 6.45) is 3.64. The quantitative estimate of drug-likeness (QED) is 0.345. The van der Waals surface area contributed by atoms with Gasteiger partial charge in [-0.15, -0.1) is 0 Å². The Labute approximate surface area is 178 Å². The lowest BCUT2D eigenvalue weighted by Gasteiger charge is -2.12. The van der Waals surface area contributed by atoms with Gasteiger partial charge in [-0.05, 0) is 35.4 Å². The molecule has 0 fully saturated rings. The highest BCUT2D eigenvalue weighted by atomic mass is 79.9. The van der Waals surface area contributed by atoms with Crippen molar-refractivity contribution >= 4 is 15.9 Å². The largest absolute Gasteiger partial charge is 0.487 e. The van der Waals surface area contributed by atoms with E-state index in [0.717, 1.165) is 27.8 Å². The van der Waals surface area contributed by atoms with Gasteiger partial charge in [0.1, 0.15) is 13.2 Å². The van der Waals surface area contributed by atoms with Gasteiger partial charge in [-0.1, -0.05) is 40.2 Å². The van der Waals surface area contributed by atoms with E-state index >= 15 is 0 Å². The number of hydrogen-bond donors (Lipinski definition) is 1. The highest BCUT2D eigenvalue weighted by Gasteiger charge is 2.05. The molecule has 29 heavy (non-hydrogen) atoms. The molecule has 2 heterocycles. The predicted molar refractivity (Wildman–Crippen MR) is 114 cm³/mol. The maximum Gasteiger partial charge on any atom is 0.161 e. The van der Waals surface area contributed by atoms with Crippen LogP contribution < -0.4 is 9.47 Å². The van der Waals surface area contributed by atoms with E-state index in [-0.39, 0.29) is 13.2 Å². The van der Waals surface area contributed by atoms with Crippen LogP contribution in [0.2, 0.25) is 0 Å². The molecule has 0 aliphatic rings. The number of aromatic nitrogens is 2. The number of nitrogens with zero attached hydrogens (tertiary/aromatic N) is 2. The van der Waals surface area contributed by atoms with Crippen LogP contribution in [-0.4, -0.2) is 41.5 Å². The van der Waals surface area contributed by atoms with Crippen LogP contribution in [0.5, 0.6) is 11.5 Å². The number of hydrogen-bond acceptors (Lipinski definition) is 6. The topological polar surface area (TPSA) is 73.7 Å². The van der Waals surface area contributed by atoms with E-state index in [1.54, 1.807) is 12.3 Å². The van der Waals surface area contributed by atoms with Gasteiger partial charge < -0.3 is 19.3 Å². The summed E-state index contributed by atoms with van der Waals surface area (Å²) in [5, 5.41) is 9.67. The maximum absolute atomic E-state index is 8.88. The number of alkyl halides is 1. The number of ether oxygens (including phenoxy) is 3. The van der Waals surface area contributed by atoms with Gasteiger partial charge in [0.05, 0.1) is 31.2 Å². The van der Waals surface area contributed by atoms with Crippen molar-refractivity contribution < 1.29 is 19.3 Å². The first kappa shape index (κ1) is 21.2. The third-order valence-electron chi connectivity index (χ3n) is 4.02. The minimum Gasteiger partial charge on any atom is -0.487 e. The van der Waals surface area contributed by atoms with Crippen LogP contribution in [-0.2, 0) is 16.7 Å². The second-order valence-corrected chi connectivity index (χ2v) is 6.72. The van der Waals surface area contributed by atoms with Crippen molar-refractivity contribution in [3.05, 3.63) is 72.1 Å². The fraction of sp³-hybridized carbons (Fsp3) is 0.273. The molecular weight excluding hydrogens is 436 g/mol. The third-order valence-corrected chi connectivity index (χ3v) is 4.67. The lowest BCUT2D eigenvalue weighted by molar-refractivity contribution is 0.0871. The van der Waals surface area contributed by atoms with Gasteiger partial charge in [0.2, 0.25) is 0 Å². The molecule has 2 aromatic heterocycles. The first-order valence-corrected chi connectivity index (χ1v) is 10.4. The Balaban J connectivity index is 1.43. The second-order valence-electron chi connectivity index (χ2n) is 6.16. The Bertz CT molecular complexity index is 873. The Kier molecular flexibility index (Phi) is 8.42. The van der Waals surface area contributed by atoms with E-state index in [4.69, 9.17) is 19.3 Å². The Morgan fingerprint density at radius 3 is 1.93 bits per heavy atom. The standard InChI is InChI=1S/C22H23BrN2O4/c23-13-17-5-7-19(24-14-17)20-8-6-18(15-25-20)16-27-11-12-29-22-4-2-1-3-21(22)28-10-9-26/h1-8,14-15,26H,9-13,16H2. The first-order valence-electron chi connectivity index (χ1n) is 9.29. The van der Waals surface area contributed by atoms with Gasteiger partial charge in [-0.25, -0.2) is 0 Å². The number of para-hydroxylation sites is 2. The molecule has 3 rings (SSSR count). The van der Waals surface area contributed by atoms with E-state index in [0.29, 0.717) is 31.3 Å². The average molecular weight is 459 g/mol. The predicted octanol–water partition coefficient (Wildman–Crippen LogP) is 4.01. The molecule has 0 radical (unpaired) electrons. The summed E-state index contributed by atoms with van der Waals surface area (Å²) >= 11 is 3.42. The highest BCUT2D eigenvalue weighted by molar-refractivity contribution is 9.08. The molecule has 1 N–H and O–H groups in total. The number of aliphatic hydroxyl groups excluding tert-OH is 1. The van der Waals surface area contributed by atoms with Crippen LogP contribution in [0, 0.1) is 0 Å². The maximum atomic E-state index is 8.88. The molecular formula is C22H23BrN2O4. The molecule has 152 valence electrons. The lowest BCUT2D eigenvalue weighted by atomic mass is 10.2. The zero-order chi connectivity index (χ0) is 20.3. The monoisotopic (exact) mass is 458 g/mol. The average Bonchev–Trinajstić information content (AvgIpc) is 2.78. The molecule has 0 atom stereocenters. The van der Waals surface area contributed by atoms with E-state index in [2.05, 4.69) is 25.9 Å². The van der Waals surface area contributed by atoms with Gasteiger partial charge in [-0.3, -0.25) is 9.97 Å². The molecule has 3 aromatic rings. The van der Waals surface area contributed by atoms with Gasteiger partial charge in [-0.2, -0.15) is 0 Å². The van der Waals surface area contributed by atoms with Crippen LogP contribution in [0.1, 0.15) is 11.1 Å². The molecule has 0 amide bonds. The van der Waals surface area contributed by atoms with Crippen molar-refractivity contribution in [2.75, 3.05) is 26.4 Å². The molecule has 0 aliphatic carbocycles. The second kappa shape index (κ2) is 11.5. The summed E-state index contributed by atoms with van der Waals surface area (Å²) in [6.45, 7) is 1.48. The minimum atomic E-state index is -0.0392. The summed E-state index contributed by atoms with van der Waals surface area (Å²) in [5.41, 5.74) is 3.79. The van der Waals surface area contributed by atoms with Crippen LogP contribution in [0.3, 0.4) is 0 Å². The number of aliphatic hydroxyl groups is 1.